The Hall–Kier alpha value is -2.89. The number of nitrogens with zero attached hydrogens (tertiary/aromatic N) is 3. The molecule has 1 aromatic carbocycles. The molecule has 2 aromatic rings. The van der Waals surface area contributed by atoms with Gasteiger partial charge in [-0.1, -0.05) is 18.2 Å². The van der Waals surface area contributed by atoms with Crippen LogP contribution in [0.3, 0.4) is 0 Å². The molecule has 0 unspecified atom stereocenters. The Bertz CT molecular complexity index is 806. The van der Waals surface area contributed by atoms with Crippen molar-refractivity contribution in [1.82, 2.24) is 15.2 Å². The van der Waals surface area contributed by atoms with Crippen molar-refractivity contribution in [2.45, 2.75) is 26.3 Å². The average Bonchev–Trinajstić information content (AvgIpc) is 2.67. The summed E-state index contributed by atoms with van der Waals surface area (Å²) in [6.45, 7) is 8.61. The molecular weight excluding hydrogens is 340 g/mol. The van der Waals surface area contributed by atoms with E-state index in [-0.39, 0.29) is 23.0 Å². The van der Waals surface area contributed by atoms with Crippen molar-refractivity contribution in [3.63, 3.8) is 0 Å². The fourth-order valence-electron chi connectivity index (χ4n) is 3.08. The Morgan fingerprint density at radius 1 is 1.00 bits per heavy atom. The summed E-state index contributed by atoms with van der Waals surface area (Å²) >= 11 is 0. The number of amides is 2. The predicted molar refractivity (Wildman–Crippen MR) is 106 cm³/mol. The number of aromatic nitrogens is 1. The Morgan fingerprint density at radius 3 is 2.30 bits per heavy atom. The van der Waals surface area contributed by atoms with Gasteiger partial charge in [-0.3, -0.25) is 14.6 Å². The van der Waals surface area contributed by atoms with Crippen LogP contribution in [0.5, 0.6) is 0 Å². The van der Waals surface area contributed by atoms with E-state index in [9.17, 15) is 9.59 Å². The lowest BCUT2D eigenvalue weighted by atomic mass is 10.1. The number of carbonyl (C=O) groups is 2. The van der Waals surface area contributed by atoms with Gasteiger partial charge in [-0.15, -0.1) is 0 Å². The highest BCUT2D eigenvalue weighted by Gasteiger charge is 2.23. The van der Waals surface area contributed by atoms with E-state index in [0.717, 1.165) is 13.1 Å². The Labute approximate surface area is 160 Å². The van der Waals surface area contributed by atoms with Gasteiger partial charge in [0.2, 0.25) is 0 Å². The summed E-state index contributed by atoms with van der Waals surface area (Å²) < 4.78 is 0. The fourth-order valence-corrected chi connectivity index (χ4v) is 3.08. The summed E-state index contributed by atoms with van der Waals surface area (Å²) in [4.78, 5) is 33.4. The van der Waals surface area contributed by atoms with Crippen LogP contribution in [0.1, 0.15) is 41.6 Å². The molecule has 27 heavy (non-hydrogen) atoms. The van der Waals surface area contributed by atoms with E-state index in [4.69, 9.17) is 0 Å². The molecule has 3 rings (SSSR count). The minimum absolute atomic E-state index is 0.0603. The van der Waals surface area contributed by atoms with E-state index in [0.29, 0.717) is 18.7 Å². The minimum atomic E-state index is -0.355. The molecule has 2 heterocycles. The van der Waals surface area contributed by atoms with Gasteiger partial charge in [0.1, 0.15) is 5.69 Å². The Kier molecular flexibility index (Phi) is 5.44. The molecule has 1 aliphatic heterocycles. The Morgan fingerprint density at radius 2 is 1.67 bits per heavy atom. The molecule has 0 bridgehead atoms. The van der Waals surface area contributed by atoms with Gasteiger partial charge < -0.3 is 15.1 Å². The molecule has 0 atom stereocenters. The second-order valence-corrected chi connectivity index (χ2v) is 7.75. The zero-order chi connectivity index (χ0) is 19.4. The van der Waals surface area contributed by atoms with Crippen molar-refractivity contribution in [3.8, 4) is 0 Å². The number of rotatable bonds is 3. The standard InChI is InChI=1S/C21H26N4O2/c1-21(2,3)23-19(26)18-15-16(9-10-22-18)20(27)25-13-11-24(12-14-25)17-7-5-4-6-8-17/h4-10,15H,11-14H2,1-3H3,(H,23,26). The number of anilines is 1. The van der Waals surface area contributed by atoms with Crippen molar-refractivity contribution in [2.75, 3.05) is 31.1 Å². The van der Waals surface area contributed by atoms with Gasteiger partial charge in [0.25, 0.3) is 11.8 Å². The lowest BCUT2D eigenvalue weighted by molar-refractivity contribution is 0.0746. The SMILES string of the molecule is CC(C)(C)NC(=O)c1cc(C(=O)N2CCN(c3ccccc3)CC2)ccn1. The van der Waals surface area contributed by atoms with Gasteiger partial charge in [-0.25, -0.2) is 0 Å². The summed E-state index contributed by atoms with van der Waals surface area (Å²) in [6.07, 6.45) is 1.52. The van der Waals surface area contributed by atoms with Crippen molar-refractivity contribution in [3.05, 3.63) is 59.9 Å². The lowest BCUT2D eigenvalue weighted by Gasteiger charge is -2.36. The second-order valence-electron chi connectivity index (χ2n) is 7.75. The molecule has 6 nitrogen and oxygen atoms in total. The van der Waals surface area contributed by atoms with Crippen molar-refractivity contribution in [1.29, 1.82) is 0 Å². The maximum Gasteiger partial charge on any atom is 0.270 e. The molecule has 6 heteroatoms. The number of nitrogens with one attached hydrogen (secondary N) is 1. The van der Waals surface area contributed by atoms with Gasteiger partial charge in [-0.2, -0.15) is 0 Å². The topological polar surface area (TPSA) is 65.5 Å². The van der Waals surface area contributed by atoms with Gasteiger partial charge >= 0.3 is 0 Å². The van der Waals surface area contributed by atoms with Gasteiger partial charge in [-0.05, 0) is 45.0 Å². The van der Waals surface area contributed by atoms with E-state index in [1.165, 1.54) is 11.9 Å². The van der Waals surface area contributed by atoms with Crippen LogP contribution < -0.4 is 10.2 Å². The Balaban J connectivity index is 1.65. The van der Waals surface area contributed by atoms with Crippen LogP contribution in [0.2, 0.25) is 0 Å². The molecule has 0 spiro atoms. The quantitative estimate of drug-likeness (QED) is 0.907. The average molecular weight is 366 g/mol. The van der Waals surface area contributed by atoms with Crippen LogP contribution in [0.4, 0.5) is 5.69 Å². The largest absolute Gasteiger partial charge is 0.368 e. The van der Waals surface area contributed by atoms with Crippen LogP contribution in [-0.4, -0.2) is 53.4 Å². The first-order valence-electron chi connectivity index (χ1n) is 9.21. The molecule has 0 aliphatic carbocycles. The van der Waals surface area contributed by atoms with Gasteiger partial charge in [0.15, 0.2) is 0 Å². The van der Waals surface area contributed by atoms with Crippen LogP contribution in [0, 0.1) is 0 Å². The number of benzene rings is 1. The van der Waals surface area contributed by atoms with Crippen LogP contribution >= 0.6 is 0 Å². The highest BCUT2D eigenvalue weighted by Crippen LogP contribution is 2.17. The van der Waals surface area contributed by atoms with Crippen molar-refractivity contribution < 1.29 is 9.59 Å². The third-order valence-corrected chi connectivity index (χ3v) is 4.42. The molecule has 1 saturated heterocycles. The zero-order valence-electron chi connectivity index (χ0n) is 16.1. The molecule has 1 N–H and O–H groups in total. The van der Waals surface area contributed by atoms with E-state index in [1.54, 1.807) is 12.1 Å². The highest BCUT2D eigenvalue weighted by molar-refractivity contribution is 5.98. The molecular formula is C21H26N4O2. The third-order valence-electron chi connectivity index (χ3n) is 4.42. The molecule has 1 aliphatic rings. The first-order valence-corrected chi connectivity index (χ1v) is 9.21. The maximum absolute atomic E-state index is 12.9. The van der Waals surface area contributed by atoms with Crippen LogP contribution in [-0.2, 0) is 0 Å². The summed E-state index contributed by atoms with van der Waals surface area (Å²) in [5, 5.41) is 2.87. The van der Waals surface area contributed by atoms with Crippen LogP contribution in [0.25, 0.3) is 0 Å². The summed E-state index contributed by atoms with van der Waals surface area (Å²) in [5.74, 6) is -0.332. The minimum Gasteiger partial charge on any atom is -0.368 e. The normalized spacial score (nSPS) is 14.8. The third kappa shape index (κ3) is 4.84. The molecule has 142 valence electrons. The smallest absolute Gasteiger partial charge is 0.270 e. The number of carbonyl (C=O) groups excluding carboxylic acids is 2. The molecule has 1 fully saturated rings. The predicted octanol–water partition coefficient (Wildman–Crippen LogP) is 2.57. The van der Waals surface area contributed by atoms with Crippen molar-refractivity contribution in [2.24, 2.45) is 0 Å². The van der Waals surface area contributed by atoms with E-state index >= 15 is 0 Å². The first-order chi connectivity index (χ1) is 12.8. The summed E-state index contributed by atoms with van der Waals surface area (Å²) in [6, 6.07) is 13.5. The molecule has 0 saturated carbocycles. The summed E-state index contributed by atoms with van der Waals surface area (Å²) in [7, 11) is 0. The zero-order valence-corrected chi connectivity index (χ0v) is 16.1. The molecule has 0 radical (unpaired) electrons. The van der Waals surface area contributed by atoms with Crippen molar-refractivity contribution >= 4 is 17.5 Å². The monoisotopic (exact) mass is 366 g/mol. The molecule has 2 amide bonds. The first kappa shape index (κ1) is 18.9. The van der Waals surface area contributed by atoms with E-state index < -0.39 is 0 Å². The number of pyridine rings is 1. The lowest BCUT2D eigenvalue weighted by Crippen LogP contribution is -2.48. The number of piperazine rings is 1. The fraction of sp³-hybridized carbons (Fsp3) is 0.381. The van der Waals surface area contributed by atoms with E-state index in [2.05, 4.69) is 27.3 Å². The summed E-state index contributed by atoms with van der Waals surface area (Å²) in [5.41, 5.74) is 1.58. The van der Waals surface area contributed by atoms with E-state index in [1.807, 2.05) is 43.9 Å². The van der Waals surface area contributed by atoms with Gasteiger partial charge in [0.05, 0.1) is 0 Å². The number of hydrogen-bond donors (Lipinski definition) is 1. The number of para-hydroxylation sites is 1. The number of hydrogen-bond acceptors (Lipinski definition) is 4. The van der Waals surface area contributed by atoms with Gasteiger partial charge in [0, 0.05) is 49.2 Å². The maximum atomic E-state index is 12.9. The highest BCUT2D eigenvalue weighted by atomic mass is 16.2. The van der Waals surface area contributed by atoms with Crippen LogP contribution in [0.15, 0.2) is 48.7 Å². The second kappa shape index (κ2) is 7.78. The molecule has 1 aromatic heterocycles.